The topological polar surface area (TPSA) is 59.1 Å². The standard InChI is InChI=1S/C8H10O4/c1-4-7(11-4)8-5(9)2-3-6(10)12-8/h2-4,6-8,10H,1H3. The average molecular weight is 170 g/mol. The number of ketones is 1. The summed E-state index contributed by atoms with van der Waals surface area (Å²) in [6.07, 6.45) is 0.984. The lowest BCUT2D eigenvalue weighted by atomic mass is 10.1. The highest BCUT2D eigenvalue weighted by molar-refractivity contribution is 5.95. The van der Waals surface area contributed by atoms with Crippen LogP contribution in [0.3, 0.4) is 0 Å². The number of rotatable bonds is 1. The van der Waals surface area contributed by atoms with Gasteiger partial charge in [-0.05, 0) is 19.1 Å². The van der Waals surface area contributed by atoms with Gasteiger partial charge in [-0.2, -0.15) is 0 Å². The third kappa shape index (κ3) is 1.29. The van der Waals surface area contributed by atoms with Crippen LogP contribution in [0.15, 0.2) is 12.2 Å². The van der Waals surface area contributed by atoms with Crippen LogP contribution in [0.2, 0.25) is 0 Å². The van der Waals surface area contributed by atoms with Gasteiger partial charge in [-0.1, -0.05) is 0 Å². The first-order valence-corrected chi connectivity index (χ1v) is 3.89. The third-order valence-corrected chi connectivity index (χ3v) is 2.05. The molecule has 0 aromatic heterocycles. The summed E-state index contributed by atoms with van der Waals surface area (Å²) in [6.45, 7) is 1.87. The van der Waals surface area contributed by atoms with E-state index in [0.717, 1.165) is 0 Å². The van der Waals surface area contributed by atoms with Crippen molar-refractivity contribution in [2.75, 3.05) is 0 Å². The van der Waals surface area contributed by atoms with Gasteiger partial charge in [0.2, 0.25) is 0 Å². The summed E-state index contributed by atoms with van der Waals surface area (Å²) in [5.41, 5.74) is 0. The normalized spacial score (nSPS) is 46.3. The van der Waals surface area contributed by atoms with E-state index in [1.54, 1.807) is 0 Å². The van der Waals surface area contributed by atoms with Crippen LogP contribution >= 0.6 is 0 Å². The van der Waals surface area contributed by atoms with Gasteiger partial charge in [0, 0.05) is 0 Å². The first-order valence-electron chi connectivity index (χ1n) is 3.89. The van der Waals surface area contributed by atoms with Gasteiger partial charge in [-0.15, -0.1) is 0 Å². The van der Waals surface area contributed by atoms with E-state index in [4.69, 9.17) is 14.6 Å². The first kappa shape index (κ1) is 7.91. The van der Waals surface area contributed by atoms with E-state index in [0.29, 0.717) is 0 Å². The van der Waals surface area contributed by atoms with Gasteiger partial charge in [-0.25, -0.2) is 0 Å². The molecular weight excluding hydrogens is 160 g/mol. The lowest BCUT2D eigenvalue weighted by Gasteiger charge is -2.19. The molecule has 0 radical (unpaired) electrons. The molecule has 0 bridgehead atoms. The van der Waals surface area contributed by atoms with E-state index in [9.17, 15) is 4.79 Å². The van der Waals surface area contributed by atoms with Crippen LogP contribution in [0.25, 0.3) is 0 Å². The number of ether oxygens (including phenoxy) is 2. The second kappa shape index (κ2) is 2.65. The predicted octanol–water partition coefficient (Wildman–Crippen LogP) is -0.384. The highest BCUT2D eigenvalue weighted by atomic mass is 16.7. The molecule has 2 aliphatic rings. The van der Waals surface area contributed by atoms with Gasteiger partial charge in [0.1, 0.15) is 6.10 Å². The fraction of sp³-hybridized carbons (Fsp3) is 0.625. The summed E-state index contributed by atoms with van der Waals surface area (Å²) in [6, 6.07) is 0. The highest BCUT2D eigenvalue weighted by Gasteiger charge is 2.46. The second-order valence-corrected chi connectivity index (χ2v) is 3.01. The number of epoxide rings is 1. The zero-order valence-corrected chi connectivity index (χ0v) is 6.64. The quantitative estimate of drug-likeness (QED) is 0.545. The van der Waals surface area contributed by atoms with Crippen LogP contribution in [-0.4, -0.2) is 35.5 Å². The molecular formula is C8H10O4. The number of hydrogen-bond acceptors (Lipinski definition) is 4. The molecule has 1 N–H and O–H groups in total. The van der Waals surface area contributed by atoms with Crippen LogP contribution < -0.4 is 0 Å². The Balaban J connectivity index is 2.06. The molecule has 1 fully saturated rings. The first-order chi connectivity index (χ1) is 5.68. The Morgan fingerprint density at radius 1 is 1.50 bits per heavy atom. The van der Waals surface area contributed by atoms with Crippen molar-refractivity contribution in [2.45, 2.75) is 31.5 Å². The molecule has 4 heteroatoms. The molecule has 0 aromatic carbocycles. The van der Waals surface area contributed by atoms with Crippen molar-refractivity contribution in [3.63, 3.8) is 0 Å². The predicted molar refractivity (Wildman–Crippen MR) is 39.4 cm³/mol. The monoisotopic (exact) mass is 170 g/mol. The summed E-state index contributed by atoms with van der Waals surface area (Å²) in [5.74, 6) is -0.130. The van der Waals surface area contributed by atoms with Crippen molar-refractivity contribution in [3.8, 4) is 0 Å². The molecule has 0 aromatic rings. The van der Waals surface area contributed by atoms with Gasteiger partial charge < -0.3 is 14.6 Å². The average Bonchev–Trinajstić information content (AvgIpc) is 2.73. The van der Waals surface area contributed by atoms with Gasteiger partial charge in [-0.3, -0.25) is 4.79 Å². The van der Waals surface area contributed by atoms with E-state index in [2.05, 4.69) is 0 Å². The summed E-state index contributed by atoms with van der Waals surface area (Å²) in [5, 5.41) is 9.04. The van der Waals surface area contributed by atoms with Crippen molar-refractivity contribution in [1.29, 1.82) is 0 Å². The molecule has 2 rings (SSSR count). The Bertz CT molecular complexity index is 235. The minimum atomic E-state index is -0.968. The maximum absolute atomic E-state index is 11.2. The van der Waals surface area contributed by atoms with Crippen molar-refractivity contribution in [3.05, 3.63) is 12.2 Å². The van der Waals surface area contributed by atoms with Crippen molar-refractivity contribution in [2.24, 2.45) is 0 Å². The van der Waals surface area contributed by atoms with E-state index >= 15 is 0 Å². The Labute approximate surface area is 69.8 Å². The maximum atomic E-state index is 11.2. The number of carbonyl (C=O) groups excluding carboxylic acids is 1. The lowest BCUT2D eigenvalue weighted by molar-refractivity contribution is -0.150. The largest absolute Gasteiger partial charge is 0.367 e. The van der Waals surface area contributed by atoms with E-state index < -0.39 is 12.4 Å². The SMILES string of the molecule is CC1OC1C1OC(O)C=CC1=O. The van der Waals surface area contributed by atoms with E-state index in [1.807, 2.05) is 6.92 Å². The lowest BCUT2D eigenvalue weighted by Crippen LogP contribution is -2.36. The number of aliphatic hydroxyl groups excluding tert-OH is 1. The Morgan fingerprint density at radius 2 is 2.17 bits per heavy atom. The van der Waals surface area contributed by atoms with Crippen molar-refractivity contribution >= 4 is 5.78 Å². The zero-order valence-electron chi connectivity index (χ0n) is 6.64. The number of carbonyl (C=O) groups is 1. The van der Waals surface area contributed by atoms with Gasteiger partial charge >= 0.3 is 0 Å². The molecule has 2 aliphatic heterocycles. The van der Waals surface area contributed by atoms with Gasteiger partial charge in [0.25, 0.3) is 0 Å². The molecule has 12 heavy (non-hydrogen) atoms. The summed E-state index contributed by atoms with van der Waals surface area (Å²) in [4.78, 5) is 11.2. The molecule has 0 saturated carbocycles. The number of aliphatic hydroxyl groups is 1. The maximum Gasteiger partial charge on any atom is 0.187 e. The zero-order chi connectivity index (χ0) is 8.72. The smallest absolute Gasteiger partial charge is 0.187 e. The molecule has 4 unspecified atom stereocenters. The van der Waals surface area contributed by atoms with Crippen molar-refractivity contribution < 1.29 is 19.4 Å². The van der Waals surface area contributed by atoms with Gasteiger partial charge in [0.05, 0.1) is 6.10 Å². The van der Waals surface area contributed by atoms with E-state index in [-0.39, 0.29) is 18.0 Å². The Morgan fingerprint density at radius 3 is 2.75 bits per heavy atom. The molecule has 0 amide bonds. The minimum Gasteiger partial charge on any atom is -0.367 e. The van der Waals surface area contributed by atoms with E-state index in [1.165, 1.54) is 12.2 Å². The Hall–Kier alpha value is -0.710. The summed E-state index contributed by atoms with van der Waals surface area (Å²) in [7, 11) is 0. The van der Waals surface area contributed by atoms with Crippen LogP contribution in [-0.2, 0) is 14.3 Å². The summed E-state index contributed by atoms with van der Waals surface area (Å²) < 4.78 is 10.1. The Kier molecular flexibility index (Phi) is 1.75. The van der Waals surface area contributed by atoms with Crippen LogP contribution in [0.1, 0.15) is 6.92 Å². The fourth-order valence-corrected chi connectivity index (χ4v) is 1.29. The molecule has 0 spiro atoms. The molecule has 4 atom stereocenters. The molecule has 1 saturated heterocycles. The van der Waals surface area contributed by atoms with Crippen molar-refractivity contribution in [1.82, 2.24) is 0 Å². The molecule has 0 aliphatic carbocycles. The molecule has 4 nitrogen and oxygen atoms in total. The molecule has 66 valence electrons. The fourth-order valence-electron chi connectivity index (χ4n) is 1.29. The third-order valence-electron chi connectivity index (χ3n) is 2.05. The van der Waals surface area contributed by atoms with Gasteiger partial charge in [0.15, 0.2) is 18.2 Å². The highest BCUT2D eigenvalue weighted by Crippen LogP contribution is 2.29. The second-order valence-electron chi connectivity index (χ2n) is 3.01. The minimum absolute atomic E-state index is 0.0673. The molecule has 2 heterocycles. The summed E-state index contributed by atoms with van der Waals surface area (Å²) >= 11 is 0. The number of hydrogen-bond donors (Lipinski definition) is 1. The van der Waals surface area contributed by atoms with Crippen LogP contribution in [0, 0.1) is 0 Å². The van der Waals surface area contributed by atoms with Crippen LogP contribution in [0.4, 0.5) is 0 Å². The van der Waals surface area contributed by atoms with Crippen LogP contribution in [0.5, 0.6) is 0 Å².